The normalized spacial score (nSPS) is 18.1. The van der Waals surface area contributed by atoms with Crippen molar-refractivity contribution in [1.82, 2.24) is 4.90 Å². The van der Waals surface area contributed by atoms with Crippen LogP contribution in [0.2, 0.25) is 0 Å². The van der Waals surface area contributed by atoms with Crippen LogP contribution in [0.25, 0.3) is 6.08 Å². The Balaban J connectivity index is 2.05. The monoisotopic (exact) mass is 270 g/mol. The lowest BCUT2D eigenvalue weighted by molar-refractivity contribution is -0.146. The van der Waals surface area contributed by atoms with E-state index in [9.17, 15) is 9.59 Å². The Morgan fingerprint density at radius 3 is 2.65 bits per heavy atom. The van der Waals surface area contributed by atoms with Gasteiger partial charge in [0.05, 0.1) is 11.6 Å². The number of nitriles is 1. The van der Waals surface area contributed by atoms with Gasteiger partial charge in [-0.3, -0.25) is 4.79 Å². The molecule has 5 nitrogen and oxygen atoms in total. The largest absolute Gasteiger partial charge is 0.480 e. The molecule has 1 heterocycles. The van der Waals surface area contributed by atoms with E-state index in [1.807, 2.05) is 6.07 Å². The van der Waals surface area contributed by atoms with Crippen molar-refractivity contribution in [2.75, 3.05) is 6.54 Å². The van der Waals surface area contributed by atoms with Gasteiger partial charge in [-0.25, -0.2) is 4.79 Å². The molecule has 0 spiro atoms. The van der Waals surface area contributed by atoms with Gasteiger partial charge in [0, 0.05) is 12.6 Å². The number of rotatable bonds is 3. The van der Waals surface area contributed by atoms with Crippen LogP contribution < -0.4 is 0 Å². The summed E-state index contributed by atoms with van der Waals surface area (Å²) in [6.45, 7) is 0.480. The van der Waals surface area contributed by atoms with E-state index in [2.05, 4.69) is 0 Å². The molecular weight excluding hydrogens is 256 g/mol. The molecule has 1 N–H and O–H groups in total. The lowest BCUT2D eigenvalue weighted by atomic mass is 10.1. The van der Waals surface area contributed by atoms with Crippen LogP contribution in [0, 0.1) is 11.3 Å². The highest BCUT2D eigenvalue weighted by Crippen LogP contribution is 2.18. The van der Waals surface area contributed by atoms with Crippen molar-refractivity contribution in [3.63, 3.8) is 0 Å². The number of aliphatic carboxylic acids is 1. The molecule has 1 aromatic rings. The number of amides is 1. The smallest absolute Gasteiger partial charge is 0.326 e. The minimum absolute atomic E-state index is 0.292. The van der Waals surface area contributed by atoms with Gasteiger partial charge in [-0.1, -0.05) is 12.1 Å². The zero-order valence-electron chi connectivity index (χ0n) is 10.8. The quantitative estimate of drug-likeness (QED) is 0.847. The van der Waals surface area contributed by atoms with Crippen molar-refractivity contribution >= 4 is 18.0 Å². The molecule has 102 valence electrons. The second kappa shape index (κ2) is 6.02. The number of nitrogens with zero attached hydrogens (tertiary/aromatic N) is 2. The van der Waals surface area contributed by atoms with E-state index in [1.54, 1.807) is 30.3 Å². The lowest BCUT2D eigenvalue weighted by Crippen LogP contribution is -2.39. The van der Waals surface area contributed by atoms with Gasteiger partial charge in [-0.05, 0) is 36.6 Å². The maximum absolute atomic E-state index is 12.0. The zero-order valence-corrected chi connectivity index (χ0v) is 10.8. The second-order valence-corrected chi connectivity index (χ2v) is 4.60. The van der Waals surface area contributed by atoms with E-state index in [0.29, 0.717) is 24.9 Å². The number of carboxylic acids is 1. The van der Waals surface area contributed by atoms with Crippen LogP contribution >= 0.6 is 0 Å². The summed E-state index contributed by atoms with van der Waals surface area (Å²) in [6.07, 6.45) is 4.22. The first-order valence-electron chi connectivity index (χ1n) is 6.33. The maximum atomic E-state index is 12.0. The van der Waals surface area contributed by atoms with Crippen molar-refractivity contribution in [2.24, 2.45) is 0 Å². The van der Waals surface area contributed by atoms with Gasteiger partial charge < -0.3 is 10.0 Å². The average Bonchev–Trinajstić information content (AvgIpc) is 2.95. The Kier molecular flexibility index (Phi) is 4.16. The number of benzene rings is 1. The van der Waals surface area contributed by atoms with E-state index in [0.717, 1.165) is 5.56 Å². The van der Waals surface area contributed by atoms with E-state index in [1.165, 1.54) is 11.0 Å². The fraction of sp³-hybridized carbons (Fsp3) is 0.267. The lowest BCUT2D eigenvalue weighted by Gasteiger charge is -2.19. The highest BCUT2D eigenvalue weighted by Gasteiger charge is 2.32. The number of carboxylic acid groups (broad SMARTS) is 1. The predicted octanol–water partition coefficient (Wildman–Crippen LogP) is 1.65. The van der Waals surface area contributed by atoms with Crippen molar-refractivity contribution in [2.45, 2.75) is 18.9 Å². The number of carbonyl (C=O) groups excluding carboxylic acids is 1. The van der Waals surface area contributed by atoms with E-state index >= 15 is 0 Å². The van der Waals surface area contributed by atoms with Crippen molar-refractivity contribution in [3.8, 4) is 6.07 Å². The number of hydrogen-bond acceptors (Lipinski definition) is 3. The second-order valence-electron chi connectivity index (χ2n) is 4.60. The zero-order chi connectivity index (χ0) is 14.5. The molecule has 0 saturated carbocycles. The molecular formula is C15H14N2O3. The third-order valence-electron chi connectivity index (χ3n) is 3.28. The summed E-state index contributed by atoms with van der Waals surface area (Å²) >= 11 is 0. The van der Waals surface area contributed by atoms with Crippen LogP contribution in [0.15, 0.2) is 30.3 Å². The molecule has 1 unspecified atom stereocenters. The standard InChI is InChI=1S/C15H14N2O3/c16-10-12-5-3-11(4-6-12)7-8-14(18)17-9-1-2-13(17)15(19)20/h3-8,13H,1-2,9H2,(H,19,20)/b8-7+. The van der Waals surface area contributed by atoms with Gasteiger partial charge >= 0.3 is 5.97 Å². The summed E-state index contributed by atoms with van der Waals surface area (Å²) in [5.74, 6) is -1.25. The molecule has 1 saturated heterocycles. The molecule has 1 amide bonds. The summed E-state index contributed by atoms with van der Waals surface area (Å²) in [5, 5.41) is 17.7. The van der Waals surface area contributed by atoms with Crippen LogP contribution in [0.4, 0.5) is 0 Å². The van der Waals surface area contributed by atoms with Crippen LogP contribution in [-0.4, -0.2) is 34.5 Å². The summed E-state index contributed by atoms with van der Waals surface area (Å²) < 4.78 is 0. The SMILES string of the molecule is N#Cc1ccc(/C=C/C(=O)N2CCCC2C(=O)O)cc1. The Bertz CT molecular complexity index is 584. The minimum atomic E-state index is -0.956. The number of likely N-dealkylation sites (tertiary alicyclic amines) is 1. The number of hydrogen-bond donors (Lipinski definition) is 1. The summed E-state index contributed by atoms with van der Waals surface area (Å²) in [5.41, 5.74) is 1.35. The van der Waals surface area contributed by atoms with Crippen molar-refractivity contribution in [1.29, 1.82) is 5.26 Å². The van der Waals surface area contributed by atoms with Gasteiger partial charge in [0.25, 0.3) is 0 Å². The first-order chi connectivity index (χ1) is 9.61. The molecule has 1 atom stereocenters. The number of carbonyl (C=O) groups is 2. The van der Waals surface area contributed by atoms with Crippen molar-refractivity contribution < 1.29 is 14.7 Å². The van der Waals surface area contributed by atoms with E-state index in [4.69, 9.17) is 10.4 Å². The topological polar surface area (TPSA) is 81.4 Å². The Labute approximate surface area is 116 Å². The summed E-state index contributed by atoms with van der Waals surface area (Å²) in [7, 11) is 0. The van der Waals surface area contributed by atoms with Gasteiger partial charge in [0.15, 0.2) is 0 Å². The van der Waals surface area contributed by atoms with Crippen LogP contribution in [0.1, 0.15) is 24.0 Å². The molecule has 20 heavy (non-hydrogen) atoms. The van der Waals surface area contributed by atoms with Crippen LogP contribution in [-0.2, 0) is 9.59 Å². The summed E-state index contributed by atoms with van der Waals surface area (Å²) in [4.78, 5) is 24.4. The molecule has 1 aliphatic rings. The Morgan fingerprint density at radius 1 is 1.35 bits per heavy atom. The molecule has 1 aromatic carbocycles. The molecule has 1 aliphatic heterocycles. The highest BCUT2D eigenvalue weighted by molar-refractivity contribution is 5.94. The van der Waals surface area contributed by atoms with Gasteiger partial charge in [0.2, 0.25) is 5.91 Å². The third kappa shape index (κ3) is 3.04. The van der Waals surface area contributed by atoms with Crippen LogP contribution in [0.3, 0.4) is 0 Å². The highest BCUT2D eigenvalue weighted by atomic mass is 16.4. The summed E-state index contributed by atoms with van der Waals surface area (Å²) in [6, 6.07) is 8.11. The van der Waals surface area contributed by atoms with Crippen molar-refractivity contribution in [3.05, 3.63) is 41.5 Å². The van der Waals surface area contributed by atoms with Gasteiger partial charge in [-0.2, -0.15) is 5.26 Å². The van der Waals surface area contributed by atoms with E-state index < -0.39 is 12.0 Å². The van der Waals surface area contributed by atoms with Crippen LogP contribution in [0.5, 0.6) is 0 Å². The van der Waals surface area contributed by atoms with Gasteiger partial charge in [-0.15, -0.1) is 0 Å². The maximum Gasteiger partial charge on any atom is 0.326 e. The molecule has 0 bridgehead atoms. The minimum Gasteiger partial charge on any atom is -0.480 e. The van der Waals surface area contributed by atoms with Gasteiger partial charge in [0.1, 0.15) is 6.04 Å². The molecule has 5 heteroatoms. The first kappa shape index (κ1) is 13.8. The molecule has 1 fully saturated rings. The first-order valence-corrected chi connectivity index (χ1v) is 6.33. The fourth-order valence-corrected chi connectivity index (χ4v) is 2.22. The molecule has 0 aliphatic carbocycles. The molecule has 2 rings (SSSR count). The third-order valence-corrected chi connectivity index (χ3v) is 3.28. The van der Waals surface area contributed by atoms with E-state index in [-0.39, 0.29) is 5.91 Å². The molecule has 0 radical (unpaired) electrons. The Hall–Kier alpha value is -2.61. The fourth-order valence-electron chi connectivity index (χ4n) is 2.22. The molecule has 0 aromatic heterocycles. The predicted molar refractivity (Wildman–Crippen MR) is 72.6 cm³/mol. The average molecular weight is 270 g/mol. The Morgan fingerprint density at radius 2 is 2.05 bits per heavy atom.